The molecule has 2 rings (SSSR count). The number of rotatable bonds is 11. The lowest BCUT2D eigenvalue weighted by molar-refractivity contribution is -0.142. The van der Waals surface area contributed by atoms with Crippen molar-refractivity contribution in [2.75, 3.05) is 13.2 Å². The highest BCUT2D eigenvalue weighted by atomic mass is 16.5. The minimum atomic E-state index is -0.514. The number of carbonyl (C=O) groups is 2. The zero-order valence-electron chi connectivity index (χ0n) is 17.6. The van der Waals surface area contributed by atoms with Crippen LogP contribution in [0.4, 0.5) is 0 Å². The van der Waals surface area contributed by atoms with E-state index in [1.54, 1.807) is 4.90 Å². The van der Waals surface area contributed by atoms with Crippen LogP contribution in [0, 0.1) is 0 Å². The molecule has 0 aliphatic rings. The molecule has 156 valence electrons. The van der Waals surface area contributed by atoms with Crippen LogP contribution in [0.5, 0.6) is 5.75 Å². The smallest absolute Gasteiger partial charge is 0.261 e. The Hall–Kier alpha value is -2.82. The van der Waals surface area contributed by atoms with Crippen molar-refractivity contribution in [1.29, 1.82) is 0 Å². The van der Waals surface area contributed by atoms with Gasteiger partial charge in [0.1, 0.15) is 11.8 Å². The van der Waals surface area contributed by atoms with E-state index in [4.69, 9.17) is 4.74 Å². The van der Waals surface area contributed by atoms with E-state index in [2.05, 4.69) is 5.32 Å². The number of nitrogens with zero attached hydrogens (tertiary/aromatic N) is 1. The number of carbonyl (C=O) groups excluding carboxylic acids is 2. The first-order chi connectivity index (χ1) is 14.0. The summed E-state index contributed by atoms with van der Waals surface area (Å²) in [5.74, 6) is 0.347. The molecular formula is C24H32N2O3. The van der Waals surface area contributed by atoms with Crippen molar-refractivity contribution in [3.05, 3.63) is 66.2 Å². The highest BCUT2D eigenvalue weighted by molar-refractivity contribution is 5.88. The number of nitrogens with one attached hydrogen (secondary N) is 1. The second-order valence-electron chi connectivity index (χ2n) is 7.17. The first kappa shape index (κ1) is 22.5. The predicted octanol–water partition coefficient (Wildman–Crippen LogP) is 3.83. The molecule has 5 nitrogen and oxygen atoms in total. The fourth-order valence-corrected chi connectivity index (χ4v) is 3.08. The van der Waals surface area contributed by atoms with Gasteiger partial charge in [0.15, 0.2) is 6.61 Å². The predicted molar refractivity (Wildman–Crippen MR) is 116 cm³/mol. The van der Waals surface area contributed by atoms with Crippen molar-refractivity contribution in [1.82, 2.24) is 10.2 Å². The summed E-state index contributed by atoms with van der Waals surface area (Å²) in [5.41, 5.74) is 1.13. The number of ether oxygens (including phenoxy) is 1. The zero-order valence-corrected chi connectivity index (χ0v) is 17.6. The minimum Gasteiger partial charge on any atom is -0.484 e. The van der Waals surface area contributed by atoms with E-state index >= 15 is 0 Å². The summed E-state index contributed by atoms with van der Waals surface area (Å²) in [5, 5.41) is 3.01. The van der Waals surface area contributed by atoms with Crippen LogP contribution in [0.1, 0.15) is 39.2 Å². The first-order valence-electron chi connectivity index (χ1n) is 10.4. The number of hydrogen-bond acceptors (Lipinski definition) is 3. The highest BCUT2D eigenvalue weighted by Crippen LogP contribution is 2.12. The molecular weight excluding hydrogens is 364 g/mol. The van der Waals surface area contributed by atoms with Gasteiger partial charge in [-0.2, -0.15) is 0 Å². The van der Waals surface area contributed by atoms with E-state index in [1.165, 1.54) is 0 Å². The van der Waals surface area contributed by atoms with Crippen LogP contribution in [0.25, 0.3) is 0 Å². The van der Waals surface area contributed by atoms with E-state index in [9.17, 15) is 9.59 Å². The standard InChI is InChI=1S/C24H32N2O3/c1-4-19(3)25-24(28)22(5-2)26(17-16-20-12-8-6-9-13-20)23(27)18-29-21-14-10-7-11-15-21/h6-15,19,22H,4-5,16-18H2,1-3H3,(H,25,28)/t19-,22+/m0/s1. The Bertz CT molecular complexity index is 749. The fourth-order valence-electron chi connectivity index (χ4n) is 3.08. The molecule has 0 aliphatic carbocycles. The van der Waals surface area contributed by atoms with Crippen LogP contribution < -0.4 is 10.1 Å². The Morgan fingerprint density at radius 3 is 2.17 bits per heavy atom. The van der Waals surface area contributed by atoms with Gasteiger partial charge >= 0.3 is 0 Å². The Balaban J connectivity index is 2.11. The number of benzene rings is 2. The van der Waals surface area contributed by atoms with E-state index in [1.807, 2.05) is 81.4 Å². The molecule has 2 aromatic rings. The molecule has 0 saturated carbocycles. The van der Waals surface area contributed by atoms with Gasteiger partial charge in [0.05, 0.1) is 0 Å². The summed E-state index contributed by atoms with van der Waals surface area (Å²) < 4.78 is 5.65. The van der Waals surface area contributed by atoms with Crippen LogP contribution in [0.15, 0.2) is 60.7 Å². The van der Waals surface area contributed by atoms with Crippen LogP contribution in [0.3, 0.4) is 0 Å². The largest absolute Gasteiger partial charge is 0.484 e. The van der Waals surface area contributed by atoms with Gasteiger partial charge in [-0.05, 0) is 43.9 Å². The summed E-state index contributed by atoms with van der Waals surface area (Å²) in [6.45, 7) is 6.30. The minimum absolute atomic E-state index is 0.0724. The fraction of sp³-hybridized carbons (Fsp3) is 0.417. The van der Waals surface area contributed by atoms with E-state index in [-0.39, 0.29) is 24.5 Å². The van der Waals surface area contributed by atoms with Crippen LogP contribution in [-0.4, -0.2) is 41.9 Å². The van der Waals surface area contributed by atoms with Gasteiger partial charge < -0.3 is 15.0 Å². The molecule has 2 aromatic carbocycles. The van der Waals surface area contributed by atoms with Crippen LogP contribution in [-0.2, 0) is 16.0 Å². The molecule has 5 heteroatoms. The lowest BCUT2D eigenvalue weighted by Gasteiger charge is -2.31. The van der Waals surface area contributed by atoms with Crippen molar-refractivity contribution < 1.29 is 14.3 Å². The molecule has 0 aliphatic heterocycles. The molecule has 0 radical (unpaired) electrons. The highest BCUT2D eigenvalue weighted by Gasteiger charge is 2.29. The maximum absolute atomic E-state index is 13.0. The Labute approximate surface area is 174 Å². The van der Waals surface area contributed by atoms with Gasteiger partial charge in [-0.1, -0.05) is 62.4 Å². The lowest BCUT2D eigenvalue weighted by atomic mass is 10.1. The van der Waals surface area contributed by atoms with Gasteiger partial charge in [-0.25, -0.2) is 0 Å². The maximum atomic E-state index is 13.0. The summed E-state index contributed by atoms with van der Waals surface area (Å²) in [7, 11) is 0. The molecule has 0 unspecified atom stereocenters. The van der Waals surface area contributed by atoms with E-state index < -0.39 is 6.04 Å². The quantitative estimate of drug-likeness (QED) is 0.628. The summed E-state index contributed by atoms with van der Waals surface area (Å²) in [6, 6.07) is 18.8. The molecule has 0 heterocycles. The SMILES string of the molecule is CC[C@H](C(=O)N[C@@H](C)CC)N(CCc1ccccc1)C(=O)COc1ccccc1. The Morgan fingerprint density at radius 2 is 1.59 bits per heavy atom. The molecule has 2 amide bonds. The van der Waals surface area contributed by atoms with Gasteiger partial charge in [0.2, 0.25) is 5.91 Å². The summed E-state index contributed by atoms with van der Waals surface area (Å²) in [6.07, 6.45) is 2.08. The first-order valence-corrected chi connectivity index (χ1v) is 10.4. The molecule has 0 aromatic heterocycles. The average Bonchev–Trinajstić information content (AvgIpc) is 2.76. The van der Waals surface area contributed by atoms with Crippen molar-refractivity contribution in [2.24, 2.45) is 0 Å². The monoisotopic (exact) mass is 396 g/mol. The molecule has 0 bridgehead atoms. The number of hydrogen-bond donors (Lipinski definition) is 1. The Morgan fingerprint density at radius 1 is 0.966 bits per heavy atom. The number of amides is 2. The number of para-hydroxylation sites is 1. The summed E-state index contributed by atoms with van der Waals surface area (Å²) >= 11 is 0. The van der Waals surface area contributed by atoms with Gasteiger partial charge in [0.25, 0.3) is 5.91 Å². The van der Waals surface area contributed by atoms with Crippen molar-refractivity contribution in [3.63, 3.8) is 0 Å². The van der Waals surface area contributed by atoms with Crippen molar-refractivity contribution in [3.8, 4) is 5.75 Å². The third-order valence-corrected chi connectivity index (χ3v) is 4.98. The van der Waals surface area contributed by atoms with Crippen molar-refractivity contribution >= 4 is 11.8 Å². The molecule has 0 saturated heterocycles. The molecule has 0 fully saturated rings. The second kappa shape index (κ2) is 11.9. The molecule has 2 atom stereocenters. The normalized spacial score (nSPS) is 12.7. The third-order valence-electron chi connectivity index (χ3n) is 4.98. The molecule has 0 spiro atoms. The Kier molecular flexibility index (Phi) is 9.22. The van der Waals surface area contributed by atoms with Gasteiger partial charge in [-0.3, -0.25) is 9.59 Å². The van der Waals surface area contributed by atoms with Crippen molar-refractivity contribution in [2.45, 2.75) is 52.1 Å². The maximum Gasteiger partial charge on any atom is 0.261 e. The van der Waals surface area contributed by atoms with Gasteiger partial charge in [0, 0.05) is 12.6 Å². The average molecular weight is 397 g/mol. The lowest BCUT2D eigenvalue weighted by Crippen LogP contribution is -2.52. The third kappa shape index (κ3) is 7.26. The molecule has 29 heavy (non-hydrogen) atoms. The topological polar surface area (TPSA) is 58.6 Å². The zero-order chi connectivity index (χ0) is 21.1. The molecule has 1 N–H and O–H groups in total. The van der Waals surface area contributed by atoms with Gasteiger partial charge in [-0.15, -0.1) is 0 Å². The second-order valence-corrected chi connectivity index (χ2v) is 7.17. The van der Waals surface area contributed by atoms with Crippen LogP contribution >= 0.6 is 0 Å². The van der Waals surface area contributed by atoms with Crippen LogP contribution in [0.2, 0.25) is 0 Å². The summed E-state index contributed by atoms with van der Waals surface area (Å²) in [4.78, 5) is 27.5. The van der Waals surface area contributed by atoms with E-state index in [0.29, 0.717) is 25.1 Å². The van der Waals surface area contributed by atoms with E-state index in [0.717, 1.165) is 12.0 Å².